The number of rotatable bonds is 3. The second kappa shape index (κ2) is 8.66. The fourth-order valence-corrected chi connectivity index (χ4v) is 4.42. The smallest absolute Gasteiger partial charge is 0.409 e. The van der Waals surface area contributed by atoms with E-state index in [4.69, 9.17) is 21.3 Å². The largest absolute Gasteiger partial charge is 0.508 e. The van der Waals surface area contributed by atoms with Crippen molar-refractivity contribution in [2.75, 3.05) is 19.7 Å². The first-order chi connectivity index (χ1) is 14.5. The number of likely N-dealkylation sites (tertiary alicyclic amines) is 1. The van der Waals surface area contributed by atoms with Gasteiger partial charge in [-0.1, -0.05) is 41.9 Å². The lowest BCUT2D eigenvalue weighted by atomic mass is 9.87. The van der Waals surface area contributed by atoms with Gasteiger partial charge in [0.05, 0.1) is 6.61 Å². The van der Waals surface area contributed by atoms with E-state index in [0.717, 1.165) is 16.8 Å². The number of amides is 1. The molecule has 1 atom stereocenters. The van der Waals surface area contributed by atoms with Gasteiger partial charge in [0.25, 0.3) is 0 Å². The predicted octanol–water partition coefficient (Wildman–Crippen LogP) is 4.52. The number of nitrogens with one attached hydrogen (secondary N) is 1. The van der Waals surface area contributed by atoms with Gasteiger partial charge in [0.1, 0.15) is 11.4 Å². The van der Waals surface area contributed by atoms with Gasteiger partial charge >= 0.3 is 6.09 Å². The summed E-state index contributed by atoms with van der Waals surface area (Å²) >= 11 is 6.22. The Morgan fingerprint density at radius 1 is 1.27 bits per heavy atom. The van der Waals surface area contributed by atoms with Crippen molar-refractivity contribution in [1.29, 1.82) is 0 Å². The van der Waals surface area contributed by atoms with Crippen LogP contribution in [0.5, 0.6) is 5.75 Å². The number of phenols is 1. The summed E-state index contributed by atoms with van der Waals surface area (Å²) in [4.78, 5) is 19.0. The summed E-state index contributed by atoms with van der Waals surface area (Å²) in [5.74, 6) is 0.213. The molecule has 0 bridgehead atoms. The molecule has 2 aliphatic rings. The van der Waals surface area contributed by atoms with Crippen LogP contribution in [0.3, 0.4) is 0 Å². The van der Waals surface area contributed by atoms with E-state index in [-0.39, 0.29) is 17.9 Å². The van der Waals surface area contributed by atoms with Gasteiger partial charge in [0.2, 0.25) is 0 Å². The molecule has 2 aromatic carbocycles. The monoisotopic (exact) mass is 427 g/mol. The molecule has 1 unspecified atom stereocenters. The molecule has 7 heteroatoms. The molecule has 1 saturated heterocycles. The number of ether oxygens (including phenoxy) is 1. The molecular formula is C23H26ClN3O3. The van der Waals surface area contributed by atoms with Crippen LogP contribution in [0.15, 0.2) is 53.5 Å². The number of aromatic hydroxyl groups is 1. The van der Waals surface area contributed by atoms with Gasteiger partial charge < -0.3 is 14.7 Å². The first-order valence-electron chi connectivity index (χ1n) is 10.3. The van der Waals surface area contributed by atoms with E-state index in [0.29, 0.717) is 44.0 Å². The highest BCUT2D eigenvalue weighted by Crippen LogP contribution is 2.38. The number of aliphatic imine (C=N–C) groups is 1. The Bertz CT molecular complexity index is 940. The van der Waals surface area contributed by atoms with Gasteiger partial charge in [-0.05, 0) is 30.7 Å². The SMILES string of the molecule is CCOC(=O)N1CCC2(CC1)N=C(c1ccccc1)CC(c1cc(Cl)ccc1O)N2. The van der Waals surface area contributed by atoms with Crippen molar-refractivity contribution in [3.05, 3.63) is 64.7 Å². The van der Waals surface area contributed by atoms with Crippen molar-refractivity contribution < 1.29 is 14.6 Å². The number of halogens is 1. The molecular weight excluding hydrogens is 402 g/mol. The number of carbonyl (C=O) groups excluding carboxylic acids is 1. The molecule has 1 spiro atoms. The normalized spacial score (nSPS) is 20.7. The van der Waals surface area contributed by atoms with Crippen LogP contribution >= 0.6 is 11.6 Å². The zero-order valence-corrected chi connectivity index (χ0v) is 17.7. The maximum atomic E-state index is 12.1. The van der Waals surface area contributed by atoms with E-state index < -0.39 is 5.66 Å². The fourth-order valence-electron chi connectivity index (χ4n) is 4.24. The van der Waals surface area contributed by atoms with Crippen LogP contribution in [0.25, 0.3) is 0 Å². The number of benzene rings is 2. The minimum Gasteiger partial charge on any atom is -0.508 e. The van der Waals surface area contributed by atoms with Gasteiger partial charge in [0, 0.05) is 54.7 Å². The Hall–Kier alpha value is -2.57. The predicted molar refractivity (Wildman–Crippen MR) is 117 cm³/mol. The van der Waals surface area contributed by atoms with E-state index in [9.17, 15) is 9.90 Å². The first-order valence-corrected chi connectivity index (χ1v) is 10.7. The summed E-state index contributed by atoms with van der Waals surface area (Å²) in [5.41, 5.74) is 2.31. The van der Waals surface area contributed by atoms with Crippen molar-refractivity contribution in [1.82, 2.24) is 10.2 Å². The summed E-state index contributed by atoms with van der Waals surface area (Å²) < 4.78 is 5.15. The molecule has 158 valence electrons. The van der Waals surface area contributed by atoms with Gasteiger partial charge in [-0.3, -0.25) is 10.3 Å². The summed E-state index contributed by atoms with van der Waals surface area (Å²) in [6.07, 6.45) is 1.70. The first kappa shape index (κ1) is 20.7. The fraction of sp³-hybridized carbons (Fsp3) is 0.391. The Balaban J connectivity index is 1.65. The number of nitrogens with zero attached hydrogens (tertiary/aromatic N) is 2. The zero-order chi connectivity index (χ0) is 21.1. The van der Waals surface area contributed by atoms with Gasteiger partial charge in [-0.25, -0.2) is 4.79 Å². The maximum absolute atomic E-state index is 12.1. The Kier molecular flexibility index (Phi) is 5.97. The highest BCUT2D eigenvalue weighted by Gasteiger charge is 2.41. The molecule has 0 saturated carbocycles. The third-order valence-corrected chi connectivity index (χ3v) is 6.01. The van der Waals surface area contributed by atoms with Crippen molar-refractivity contribution >= 4 is 23.4 Å². The molecule has 1 amide bonds. The standard InChI is InChI=1S/C23H26ClN3O3/c1-2-30-22(29)27-12-10-23(11-13-27)25-19(16-6-4-3-5-7-16)15-20(26-23)18-14-17(24)8-9-21(18)28/h3-9,14,20,26,28H,2,10-13,15H2,1H3. The van der Waals surface area contributed by atoms with Crippen molar-refractivity contribution in [3.8, 4) is 5.75 Å². The highest BCUT2D eigenvalue weighted by atomic mass is 35.5. The molecule has 0 aromatic heterocycles. The minimum atomic E-state index is -0.508. The number of piperidine rings is 1. The van der Waals surface area contributed by atoms with E-state index in [1.54, 1.807) is 17.0 Å². The molecule has 6 nitrogen and oxygen atoms in total. The summed E-state index contributed by atoms with van der Waals surface area (Å²) in [6.45, 7) is 3.30. The molecule has 0 aliphatic carbocycles. The van der Waals surface area contributed by atoms with Crippen molar-refractivity contribution in [2.24, 2.45) is 4.99 Å². The lowest BCUT2D eigenvalue weighted by molar-refractivity contribution is 0.0778. The third-order valence-electron chi connectivity index (χ3n) is 5.78. The van der Waals surface area contributed by atoms with E-state index in [1.807, 2.05) is 31.2 Å². The second-order valence-corrected chi connectivity index (χ2v) is 8.18. The summed E-state index contributed by atoms with van der Waals surface area (Å²) in [6, 6.07) is 15.1. The lowest BCUT2D eigenvalue weighted by Gasteiger charge is -2.45. The van der Waals surface area contributed by atoms with Crippen molar-refractivity contribution in [3.63, 3.8) is 0 Å². The quantitative estimate of drug-likeness (QED) is 0.755. The highest BCUT2D eigenvalue weighted by molar-refractivity contribution is 6.30. The topological polar surface area (TPSA) is 74.2 Å². The Labute approximate surface area is 181 Å². The van der Waals surface area contributed by atoms with Gasteiger partial charge in [-0.2, -0.15) is 0 Å². The van der Waals surface area contributed by atoms with Crippen LogP contribution in [0, 0.1) is 0 Å². The van der Waals surface area contributed by atoms with E-state index >= 15 is 0 Å². The average molecular weight is 428 g/mol. The molecule has 30 heavy (non-hydrogen) atoms. The number of phenolic OH excluding ortho intramolecular Hbond substituents is 1. The van der Waals surface area contributed by atoms with E-state index in [2.05, 4.69) is 17.4 Å². The third kappa shape index (κ3) is 4.30. The zero-order valence-electron chi connectivity index (χ0n) is 17.0. The molecule has 4 rings (SSSR count). The molecule has 2 aliphatic heterocycles. The van der Waals surface area contributed by atoms with Crippen LogP contribution in [0.4, 0.5) is 4.79 Å². The lowest BCUT2D eigenvalue weighted by Crippen LogP contribution is -2.56. The number of hydrogen-bond donors (Lipinski definition) is 2. The maximum Gasteiger partial charge on any atom is 0.409 e. The number of hydrogen-bond acceptors (Lipinski definition) is 5. The molecule has 1 fully saturated rings. The van der Waals surface area contributed by atoms with Crippen LogP contribution < -0.4 is 5.32 Å². The van der Waals surface area contributed by atoms with Crippen LogP contribution in [0.1, 0.15) is 43.4 Å². The molecule has 0 radical (unpaired) electrons. The van der Waals surface area contributed by atoms with Gasteiger partial charge in [-0.15, -0.1) is 0 Å². The minimum absolute atomic E-state index is 0.134. The van der Waals surface area contributed by atoms with Crippen LogP contribution in [-0.2, 0) is 4.74 Å². The van der Waals surface area contributed by atoms with Gasteiger partial charge in [0.15, 0.2) is 0 Å². The molecule has 2 heterocycles. The summed E-state index contributed by atoms with van der Waals surface area (Å²) in [7, 11) is 0. The molecule has 2 aromatic rings. The summed E-state index contributed by atoms with van der Waals surface area (Å²) in [5, 5.41) is 14.7. The average Bonchev–Trinajstić information content (AvgIpc) is 2.76. The van der Waals surface area contributed by atoms with Crippen LogP contribution in [-0.4, -0.2) is 47.2 Å². The van der Waals surface area contributed by atoms with E-state index in [1.165, 1.54) is 0 Å². The number of carbonyl (C=O) groups is 1. The van der Waals surface area contributed by atoms with Crippen LogP contribution in [0.2, 0.25) is 5.02 Å². The Morgan fingerprint density at radius 3 is 2.70 bits per heavy atom. The van der Waals surface area contributed by atoms with Crippen molar-refractivity contribution in [2.45, 2.75) is 37.9 Å². The molecule has 2 N–H and O–H groups in total. The Morgan fingerprint density at radius 2 is 2.00 bits per heavy atom. The second-order valence-electron chi connectivity index (χ2n) is 7.75.